The van der Waals surface area contributed by atoms with Gasteiger partial charge in [-0.2, -0.15) is 0 Å². The molecule has 1 aromatic carbocycles. The summed E-state index contributed by atoms with van der Waals surface area (Å²) in [5, 5.41) is 0. The number of carbonyl (C=O) groups is 1. The van der Waals surface area contributed by atoms with Crippen molar-refractivity contribution in [1.29, 1.82) is 0 Å². The van der Waals surface area contributed by atoms with Gasteiger partial charge in [-0.15, -0.1) is 0 Å². The first-order valence-corrected chi connectivity index (χ1v) is 10.7. The topological polar surface area (TPSA) is 36.4 Å². The molecule has 2 aromatic rings. The average Bonchev–Trinajstić information content (AvgIpc) is 2.96. The summed E-state index contributed by atoms with van der Waals surface area (Å²) in [5.74, 6) is -0.132. The van der Waals surface area contributed by atoms with Gasteiger partial charge in [0, 0.05) is 54.0 Å². The van der Waals surface area contributed by atoms with E-state index < -0.39 is 0 Å². The van der Waals surface area contributed by atoms with Crippen molar-refractivity contribution in [2.75, 3.05) is 13.6 Å². The fourth-order valence-corrected chi connectivity index (χ4v) is 6.25. The van der Waals surface area contributed by atoms with E-state index in [0.29, 0.717) is 30.1 Å². The fraction of sp³-hybridized carbons (Fsp3) is 0.500. The summed E-state index contributed by atoms with van der Waals surface area (Å²) in [6.45, 7) is 3.20. The van der Waals surface area contributed by atoms with Crippen LogP contribution in [0.1, 0.15) is 54.2 Å². The molecule has 1 saturated carbocycles. The van der Waals surface area contributed by atoms with E-state index in [1.165, 1.54) is 31.4 Å². The first-order valence-electron chi connectivity index (χ1n) is 10.7. The van der Waals surface area contributed by atoms with Crippen LogP contribution in [0.25, 0.3) is 0 Å². The first kappa shape index (κ1) is 18.7. The molecule has 1 aromatic heterocycles. The molecule has 0 N–H and O–H groups in total. The molecular weight excluding hydrogens is 365 g/mol. The molecule has 3 fully saturated rings. The molecule has 1 aliphatic carbocycles. The summed E-state index contributed by atoms with van der Waals surface area (Å²) in [4.78, 5) is 22.6. The number of benzene rings is 1. The standard InChI is InChI=1S/C24H28FN3O/c1-24-14-20-15-28(22(24)8-4-7-21(24)27(20)2)23(29)17-9-10-26-19(13-17)12-16-5-3-6-18(25)11-16/h3,5-6,9-11,13,20-22H,4,7-8,12,14-15H2,1-2H3/t20-,21-,22+,24-/m0/s1. The van der Waals surface area contributed by atoms with Gasteiger partial charge >= 0.3 is 0 Å². The third kappa shape index (κ3) is 3.07. The van der Waals surface area contributed by atoms with Gasteiger partial charge in [-0.05, 0) is 62.6 Å². The van der Waals surface area contributed by atoms with Gasteiger partial charge in [0.05, 0.1) is 0 Å². The van der Waals surface area contributed by atoms with E-state index in [2.05, 4.69) is 28.8 Å². The first-order chi connectivity index (χ1) is 14.0. The highest BCUT2D eigenvalue weighted by Gasteiger charge is 2.59. The number of aromatic nitrogens is 1. The summed E-state index contributed by atoms with van der Waals surface area (Å²) < 4.78 is 13.5. The molecule has 0 unspecified atom stereocenters. The molecule has 0 radical (unpaired) electrons. The summed E-state index contributed by atoms with van der Waals surface area (Å²) >= 11 is 0. The summed E-state index contributed by atoms with van der Waals surface area (Å²) in [5.41, 5.74) is 2.55. The van der Waals surface area contributed by atoms with Crippen LogP contribution in [0.3, 0.4) is 0 Å². The largest absolute Gasteiger partial charge is 0.333 e. The Kier molecular flexibility index (Phi) is 4.46. The van der Waals surface area contributed by atoms with Gasteiger partial charge in [0.2, 0.25) is 0 Å². The third-order valence-corrected chi connectivity index (χ3v) is 7.60. The van der Waals surface area contributed by atoms with Crippen molar-refractivity contribution in [3.8, 4) is 0 Å². The van der Waals surface area contributed by atoms with Crippen molar-refractivity contribution in [1.82, 2.24) is 14.8 Å². The molecule has 29 heavy (non-hydrogen) atoms. The van der Waals surface area contributed by atoms with Crippen molar-refractivity contribution in [3.63, 3.8) is 0 Å². The summed E-state index contributed by atoms with van der Waals surface area (Å²) in [6, 6.07) is 11.6. The van der Waals surface area contributed by atoms with Crippen LogP contribution >= 0.6 is 0 Å². The van der Waals surface area contributed by atoms with E-state index >= 15 is 0 Å². The molecule has 4 atom stereocenters. The molecular formula is C24H28FN3O. The van der Waals surface area contributed by atoms with Gasteiger partial charge in [-0.1, -0.05) is 19.1 Å². The van der Waals surface area contributed by atoms with E-state index in [-0.39, 0.29) is 17.1 Å². The number of fused-ring (bicyclic) bond motifs is 1. The molecule has 2 bridgehead atoms. The summed E-state index contributed by atoms with van der Waals surface area (Å²) in [7, 11) is 2.24. The molecule has 0 spiro atoms. The van der Waals surface area contributed by atoms with E-state index in [0.717, 1.165) is 24.2 Å². The van der Waals surface area contributed by atoms with E-state index in [1.54, 1.807) is 12.3 Å². The Balaban J connectivity index is 1.41. The monoisotopic (exact) mass is 393 g/mol. The third-order valence-electron chi connectivity index (χ3n) is 7.60. The SMILES string of the molecule is CN1[C@@H]2CN(C(=O)c3ccnc(Cc4cccc(F)c4)c3)[C@@H]3CCC[C@H]1[C@]3(C)C2. The molecule has 5 heteroatoms. The lowest BCUT2D eigenvalue weighted by Crippen LogP contribution is -2.57. The van der Waals surface area contributed by atoms with Gasteiger partial charge in [0.15, 0.2) is 0 Å². The van der Waals surface area contributed by atoms with Crippen molar-refractivity contribution in [2.24, 2.45) is 5.41 Å². The molecule has 4 nitrogen and oxygen atoms in total. The number of rotatable bonds is 3. The smallest absolute Gasteiger partial charge is 0.254 e. The highest BCUT2D eigenvalue weighted by Crippen LogP contribution is 2.53. The Hall–Kier alpha value is -2.27. The lowest BCUT2D eigenvalue weighted by Gasteiger charge is -2.50. The Bertz CT molecular complexity index is 947. The minimum atomic E-state index is -0.247. The van der Waals surface area contributed by atoms with Crippen LogP contribution in [0.4, 0.5) is 4.39 Å². The van der Waals surface area contributed by atoms with Crippen LogP contribution < -0.4 is 0 Å². The molecule has 5 rings (SSSR count). The van der Waals surface area contributed by atoms with Gasteiger partial charge in [0.25, 0.3) is 5.91 Å². The number of hydrogen-bond acceptors (Lipinski definition) is 3. The summed E-state index contributed by atoms with van der Waals surface area (Å²) in [6.07, 6.45) is 6.96. The van der Waals surface area contributed by atoms with E-state index in [4.69, 9.17) is 0 Å². The van der Waals surface area contributed by atoms with Crippen LogP contribution in [0.15, 0.2) is 42.6 Å². The van der Waals surface area contributed by atoms with Crippen LogP contribution in [0.2, 0.25) is 0 Å². The molecule has 3 heterocycles. The highest BCUT2D eigenvalue weighted by atomic mass is 19.1. The predicted molar refractivity (Wildman–Crippen MR) is 110 cm³/mol. The van der Waals surface area contributed by atoms with Crippen LogP contribution in [-0.4, -0.2) is 52.4 Å². The van der Waals surface area contributed by atoms with Crippen molar-refractivity contribution >= 4 is 5.91 Å². The molecule has 3 aliphatic rings. The van der Waals surface area contributed by atoms with Gasteiger partial charge in [-0.3, -0.25) is 14.7 Å². The van der Waals surface area contributed by atoms with E-state index in [1.807, 2.05) is 18.2 Å². The van der Waals surface area contributed by atoms with Crippen molar-refractivity contribution in [3.05, 3.63) is 65.2 Å². The number of likely N-dealkylation sites (N-methyl/N-ethyl adjacent to an activating group) is 1. The van der Waals surface area contributed by atoms with Crippen molar-refractivity contribution < 1.29 is 9.18 Å². The molecule has 2 aliphatic heterocycles. The van der Waals surface area contributed by atoms with Gasteiger partial charge < -0.3 is 4.90 Å². The maximum atomic E-state index is 13.5. The van der Waals surface area contributed by atoms with Gasteiger partial charge in [0.1, 0.15) is 5.82 Å². The minimum absolute atomic E-state index is 0.116. The fourth-order valence-electron chi connectivity index (χ4n) is 6.25. The Morgan fingerprint density at radius 1 is 1.24 bits per heavy atom. The van der Waals surface area contributed by atoms with Crippen LogP contribution in [0, 0.1) is 11.2 Å². The minimum Gasteiger partial charge on any atom is -0.333 e. The van der Waals surface area contributed by atoms with E-state index in [9.17, 15) is 9.18 Å². The Morgan fingerprint density at radius 2 is 2.07 bits per heavy atom. The number of nitrogens with zero attached hydrogens (tertiary/aromatic N) is 3. The zero-order valence-corrected chi connectivity index (χ0v) is 17.1. The number of pyridine rings is 1. The number of likely N-dealkylation sites (tertiary alicyclic amines) is 2. The predicted octanol–water partition coefficient (Wildman–Crippen LogP) is 3.90. The zero-order chi connectivity index (χ0) is 20.2. The second kappa shape index (κ2) is 6.91. The average molecular weight is 394 g/mol. The molecule has 152 valence electrons. The number of hydrogen-bond donors (Lipinski definition) is 0. The Labute approximate surface area is 171 Å². The van der Waals surface area contributed by atoms with Crippen LogP contribution in [-0.2, 0) is 6.42 Å². The number of halogens is 1. The van der Waals surface area contributed by atoms with Crippen LogP contribution in [0.5, 0.6) is 0 Å². The van der Waals surface area contributed by atoms with Gasteiger partial charge in [-0.25, -0.2) is 4.39 Å². The lowest BCUT2D eigenvalue weighted by molar-refractivity contribution is 0.0117. The maximum absolute atomic E-state index is 13.5. The second-order valence-electron chi connectivity index (χ2n) is 9.29. The Morgan fingerprint density at radius 3 is 2.90 bits per heavy atom. The lowest BCUT2D eigenvalue weighted by atomic mass is 9.65. The number of piperidine rings is 1. The molecule has 1 amide bonds. The maximum Gasteiger partial charge on any atom is 0.254 e. The van der Waals surface area contributed by atoms with Crippen molar-refractivity contribution in [2.45, 2.75) is 57.2 Å². The quantitative estimate of drug-likeness (QED) is 0.794. The number of amides is 1. The second-order valence-corrected chi connectivity index (χ2v) is 9.29. The zero-order valence-electron chi connectivity index (χ0n) is 17.1. The number of carbonyl (C=O) groups excluding carboxylic acids is 1. The normalized spacial score (nSPS) is 31.1. The highest BCUT2D eigenvalue weighted by molar-refractivity contribution is 5.94. The molecule has 2 saturated heterocycles.